The quantitative estimate of drug-likeness (QED) is 0.263. The lowest BCUT2D eigenvalue weighted by Crippen LogP contribution is -2.53. The van der Waals surface area contributed by atoms with Crippen LogP contribution in [0.3, 0.4) is 0 Å². The molecule has 0 radical (unpaired) electrons. The van der Waals surface area contributed by atoms with E-state index in [0.717, 1.165) is 40.1 Å². The number of unbranched alkanes of at least 4 members (excludes halogenated alkanes) is 1. The van der Waals surface area contributed by atoms with Gasteiger partial charge in [-0.15, -0.1) is 0 Å². The van der Waals surface area contributed by atoms with Crippen LogP contribution in [0.5, 0.6) is 5.75 Å². The maximum atomic E-state index is 14.1. The third-order valence-corrected chi connectivity index (χ3v) is 7.96. The third kappa shape index (κ3) is 9.35. The summed E-state index contributed by atoms with van der Waals surface area (Å²) < 4.78 is 32.4. The molecule has 0 heterocycles. The monoisotopic (exact) mass is 579 g/mol. The highest BCUT2D eigenvalue weighted by atomic mass is 32.2. The second-order valence-corrected chi connectivity index (χ2v) is 11.9. The summed E-state index contributed by atoms with van der Waals surface area (Å²) in [5.41, 5.74) is 3.10. The summed E-state index contributed by atoms with van der Waals surface area (Å²) in [4.78, 5) is 29.3. The molecule has 0 aromatic heterocycles. The lowest BCUT2D eigenvalue weighted by atomic mass is 10.0. The first-order chi connectivity index (χ1) is 19.6. The van der Waals surface area contributed by atoms with Crippen LogP contribution in [0.1, 0.15) is 43.4 Å². The summed E-state index contributed by atoms with van der Waals surface area (Å²) in [5, 5.41) is 2.99. The van der Waals surface area contributed by atoms with Gasteiger partial charge in [-0.3, -0.25) is 13.9 Å². The highest BCUT2D eigenvalue weighted by Gasteiger charge is 2.33. The molecule has 0 saturated heterocycles. The Bertz CT molecular complexity index is 1380. The molecule has 220 valence electrons. The fraction of sp³-hybridized carbons (Fsp3) is 0.375. The molecular formula is C32H41N3O5S. The number of carbonyl (C=O) groups is 2. The Labute approximate surface area is 244 Å². The van der Waals surface area contributed by atoms with Crippen molar-refractivity contribution in [1.29, 1.82) is 0 Å². The van der Waals surface area contributed by atoms with E-state index in [1.165, 1.54) is 4.90 Å². The normalized spacial score (nSPS) is 11.9. The molecule has 0 fully saturated rings. The van der Waals surface area contributed by atoms with Crippen molar-refractivity contribution in [2.45, 2.75) is 52.6 Å². The number of rotatable bonds is 15. The van der Waals surface area contributed by atoms with Gasteiger partial charge >= 0.3 is 0 Å². The Morgan fingerprint density at radius 1 is 0.927 bits per heavy atom. The number of sulfonamides is 1. The van der Waals surface area contributed by atoms with E-state index in [4.69, 9.17) is 4.74 Å². The van der Waals surface area contributed by atoms with E-state index in [0.29, 0.717) is 31.0 Å². The molecule has 3 aromatic carbocycles. The average Bonchev–Trinajstić information content (AvgIpc) is 2.95. The van der Waals surface area contributed by atoms with Crippen LogP contribution < -0.4 is 14.4 Å². The Morgan fingerprint density at radius 3 is 2.20 bits per heavy atom. The van der Waals surface area contributed by atoms with Gasteiger partial charge in [0, 0.05) is 19.5 Å². The van der Waals surface area contributed by atoms with Crippen molar-refractivity contribution in [3.05, 3.63) is 95.6 Å². The molecule has 3 aromatic rings. The summed E-state index contributed by atoms with van der Waals surface area (Å²) in [6.45, 7) is 6.54. The Balaban J connectivity index is 2.02. The number of nitrogens with one attached hydrogen (secondary N) is 1. The first kappa shape index (κ1) is 31.7. The summed E-state index contributed by atoms with van der Waals surface area (Å²) in [6, 6.07) is 22.9. The number of amides is 2. The summed E-state index contributed by atoms with van der Waals surface area (Å²) >= 11 is 0. The zero-order chi connectivity index (χ0) is 29.8. The Hall–Kier alpha value is -3.85. The minimum atomic E-state index is -3.83. The van der Waals surface area contributed by atoms with Gasteiger partial charge in [0.1, 0.15) is 18.3 Å². The van der Waals surface area contributed by atoms with Crippen LogP contribution in [0, 0.1) is 6.92 Å². The van der Waals surface area contributed by atoms with Crippen molar-refractivity contribution in [3.8, 4) is 5.75 Å². The number of hydrogen-bond donors (Lipinski definition) is 1. The maximum Gasteiger partial charge on any atom is 0.244 e. The van der Waals surface area contributed by atoms with Crippen molar-refractivity contribution in [1.82, 2.24) is 10.2 Å². The van der Waals surface area contributed by atoms with Crippen LogP contribution in [0.15, 0.2) is 78.9 Å². The summed E-state index contributed by atoms with van der Waals surface area (Å²) in [7, 11) is -3.83. The molecule has 0 spiro atoms. The minimum Gasteiger partial charge on any atom is -0.494 e. The van der Waals surface area contributed by atoms with Crippen molar-refractivity contribution in [2.75, 3.05) is 30.3 Å². The number of ether oxygens (including phenoxy) is 1. The second-order valence-electron chi connectivity index (χ2n) is 9.99. The van der Waals surface area contributed by atoms with Crippen molar-refractivity contribution < 1.29 is 22.7 Å². The highest BCUT2D eigenvalue weighted by Crippen LogP contribution is 2.23. The van der Waals surface area contributed by atoms with Crippen molar-refractivity contribution in [2.24, 2.45) is 0 Å². The standard InChI is InChI=1S/C32H41N3O5S/c1-5-7-21-33-32(37)30(22-26-14-9-8-10-15-26)34(23-27-16-12-11-13-25(27)3)31(36)24-35(41(4,38)39)28-17-19-29(20-18-28)40-6-2/h8-20,30H,5-7,21-24H2,1-4H3,(H,33,37)/t30-/m0/s1. The van der Waals surface area contributed by atoms with Crippen molar-refractivity contribution in [3.63, 3.8) is 0 Å². The van der Waals surface area contributed by atoms with Gasteiger partial charge in [-0.1, -0.05) is 67.9 Å². The van der Waals surface area contributed by atoms with E-state index in [1.54, 1.807) is 24.3 Å². The van der Waals surface area contributed by atoms with E-state index in [9.17, 15) is 18.0 Å². The third-order valence-electron chi connectivity index (χ3n) is 6.82. The van der Waals surface area contributed by atoms with E-state index < -0.39 is 28.5 Å². The van der Waals surface area contributed by atoms with Crippen LogP contribution in [-0.4, -0.2) is 57.1 Å². The fourth-order valence-corrected chi connectivity index (χ4v) is 5.37. The van der Waals surface area contributed by atoms with Crippen LogP contribution in [0.4, 0.5) is 5.69 Å². The molecule has 1 N–H and O–H groups in total. The predicted octanol–water partition coefficient (Wildman–Crippen LogP) is 4.72. The van der Waals surface area contributed by atoms with Gasteiger partial charge in [-0.25, -0.2) is 8.42 Å². The van der Waals surface area contributed by atoms with Gasteiger partial charge in [-0.2, -0.15) is 0 Å². The molecule has 0 aliphatic carbocycles. The molecule has 9 heteroatoms. The molecule has 0 bridgehead atoms. The molecule has 41 heavy (non-hydrogen) atoms. The predicted molar refractivity (Wildman–Crippen MR) is 163 cm³/mol. The Kier molecular flexibility index (Phi) is 11.8. The molecule has 0 saturated carbocycles. The van der Waals surface area contributed by atoms with E-state index in [-0.39, 0.29) is 12.5 Å². The molecule has 0 aliphatic heterocycles. The van der Waals surface area contributed by atoms with Crippen LogP contribution in [0.2, 0.25) is 0 Å². The van der Waals surface area contributed by atoms with E-state index in [2.05, 4.69) is 5.32 Å². The lowest BCUT2D eigenvalue weighted by Gasteiger charge is -2.34. The number of benzene rings is 3. The van der Waals surface area contributed by atoms with Crippen LogP contribution in [0.25, 0.3) is 0 Å². The first-order valence-electron chi connectivity index (χ1n) is 14.0. The number of aryl methyl sites for hydroxylation is 1. The maximum absolute atomic E-state index is 14.1. The zero-order valence-corrected chi connectivity index (χ0v) is 25.2. The van der Waals surface area contributed by atoms with Gasteiger partial charge in [-0.05, 0) is 61.2 Å². The summed E-state index contributed by atoms with van der Waals surface area (Å²) in [5.74, 6) is -0.140. The van der Waals surface area contributed by atoms with Gasteiger partial charge in [0.2, 0.25) is 21.8 Å². The number of anilines is 1. The van der Waals surface area contributed by atoms with E-state index in [1.807, 2.05) is 75.4 Å². The minimum absolute atomic E-state index is 0.158. The topological polar surface area (TPSA) is 96.0 Å². The van der Waals surface area contributed by atoms with Gasteiger partial charge in [0.05, 0.1) is 18.6 Å². The molecule has 3 rings (SSSR count). The molecule has 8 nitrogen and oxygen atoms in total. The number of carbonyl (C=O) groups excluding carboxylic acids is 2. The molecular weight excluding hydrogens is 538 g/mol. The van der Waals surface area contributed by atoms with Gasteiger partial charge in [0.25, 0.3) is 0 Å². The SMILES string of the molecule is CCCCNC(=O)[C@H](Cc1ccccc1)N(Cc1ccccc1C)C(=O)CN(c1ccc(OCC)cc1)S(C)(=O)=O. The lowest BCUT2D eigenvalue weighted by molar-refractivity contribution is -0.140. The number of nitrogens with zero attached hydrogens (tertiary/aromatic N) is 2. The van der Waals surface area contributed by atoms with Crippen LogP contribution >= 0.6 is 0 Å². The Morgan fingerprint density at radius 2 is 1.59 bits per heavy atom. The average molecular weight is 580 g/mol. The fourth-order valence-electron chi connectivity index (χ4n) is 4.52. The largest absolute Gasteiger partial charge is 0.494 e. The van der Waals surface area contributed by atoms with Gasteiger partial charge in [0.15, 0.2) is 0 Å². The smallest absolute Gasteiger partial charge is 0.244 e. The first-order valence-corrected chi connectivity index (χ1v) is 15.8. The molecule has 1 atom stereocenters. The molecule has 0 aliphatic rings. The molecule has 0 unspecified atom stereocenters. The number of hydrogen-bond acceptors (Lipinski definition) is 5. The molecule has 2 amide bonds. The van der Waals surface area contributed by atoms with Crippen LogP contribution in [-0.2, 0) is 32.6 Å². The summed E-state index contributed by atoms with van der Waals surface area (Å²) in [6.07, 6.45) is 3.09. The van der Waals surface area contributed by atoms with Gasteiger partial charge < -0.3 is 15.0 Å². The zero-order valence-electron chi connectivity index (χ0n) is 24.4. The second kappa shape index (κ2) is 15.2. The van der Waals surface area contributed by atoms with Crippen molar-refractivity contribution >= 4 is 27.5 Å². The van der Waals surface area contributed by atoms with E-state index >= 15 is 0 Å². The highest BCUT2D eigenvalue weighted by molar-refractivity contribution is 7.92.